The van der Waals surface area contributed by atoms with Gasteiger partial charge in [-0.3, -0.25) is 0 Å². The van der Waals surface area contributed by atoms with Gasteiger partial charge in [-0.15, -0.1) is 0 Å². The third-order valence-corrected chi connectivity index (χ3v) is 3.31. The summed E-state index contributed by atoms with van der Waals surface area (Å²) in [4.78, 5) is 2.65. The number of likely N-dealkylation sites (tertiary alicyclic amines) is 1. The van der Waals surface area contributed by atoms with E-state index in [1.165, 1.54) is 45.2 Å². The Morgan fingerprint density at radius 1 is 1.08 bits per heavy atom. The van der Waals surface area contributed by atoms with Crippen LogP contribution in [0.5, 0.6) is 0 Å². The predicted molar refractivity (Wildman–Crippen MR) is 49.2 cm³/mol. The topological polar surface area (TPSA) is 12.5 Å². The summed E-state index contributed by atoms with van der Waals surface area (Å²) in [6, 6.07) is 0.857. The Bertz CT molecular complexity index is 137. The molecule has 2 heteroatoms. The molecule has 2 fully saturated rings. The molecule has 0 unspecified atom stereocenters. The van der Waals surface area contributed by atoms with Crippen LogP contribution in [0.4, 0.5) is 0 Å². The van der Waals surface area contributed by atoms with Crippen LogP contribution in [0.15, 0.2) is 0 Å². The first kappa shape index (κ1) is 8.52. The molecule has 0 atom stereocenters. The van der Waals surface area contributed by atoms with E-state index in [0.717, 1.165) is 6.04 Å². The second-order valence-corrected chi connectivity index (χ2v) is 4.08. The summed E-state index contributed by atoms with van der Waals surface area (Å²) < 4.78 is 5.28. The van der Waals surface area contributed by atoms with E-state index in [4.69, 9.17) is 4.74 Å². The van der Waals surface area contributed by atoms with Crippen molar-refractivity contribution in [2.75, 3.05) is 20.2 Å². The van der Waals surface area contributed by atoms with Crippen molar-refractivity contribution >= 4 is 0 Å². The van der Waals surface area contributed by atoms with Crippen LogP contribution < -0.4 is 0 Å². The monoisotopic (exact) mass is 169 g/mol. The minimum Gasteiger partial charge on any atom is -0.381 e. The van der Waals surface area contributed by atoms with Crippen molar-refractivity contribution in [2.45, 2.75) is 44.2 Å². The highest BCUT2D eigenvalue weighted by molar-refractivity contribution is 4.88. The molecule has 0 aromatic carbocycles. The van der Waals surface area contributed by atoms with Crippen molar-refractivity contribution in [3.05, 3.63) is 0 Å². The average molecular weight is 169 g/mol. The summed E-state index contributed by atoms with van der Waals surface area (Å²) in [7, 11) is 1.83. The molecule has 70 valence electrons. The molecule has 0 N–H and O–H groups in total. The third-order valence-electron chi connectivity index (χ3n) is 3.31. The number of hydrogen-bond donors (Lipinski definition) is 0. The molecule has 1 aliphatic carbocycles. The summed E-state index contributed by atoms with van der Waals surface area (Å²) in [5.74, 6) is 0. The smallest absolute Gasteiger partial charge is 0.0601 e. The van der Waals surface area contributed by atoms with Gasteiger partial charge in [0.15, 0.2) is 0 Å². The Morgan fingerprint density at radius 3 is 2.33 bits per heavy atom. The molecule has 12 heavy (non-hydrogen) atoms. The molecule has 0 spiro atoms. The number of methoxy groups -OCH3 is 1. The van der Waals surface area contributed by atoms with Crippen LogP contribution in [-0.4, -0.2) is 37.2 Å². The zero-order chi connectivity index (χ0) is 8.39. The van der Waals surface area contributed by atoms with Crippen LogP contribution in [0, 0.1) is 0 Å². The summed E-state index contributed by atoms with van der Waals surface area (Å²) in [6.07, 6.45) is 7.38. The number of piperidine rings is 1. The highest BCUT2D eigenvalue weighted by atomic mass is 16.5. The van der Waals surface area contributed by atoms with Crippen molar-refractivity contribution in [1.29, 1.82) is 0 Å². The maximum atomic E-state index is 5.28. The Morgan fingerprint density at radius 2 is 1.75 bits per heavy atom. The fourth-order valence-corrected chi connectivity index (χ4v) is 2.31. The largest absolute Gasteiger partial charge is 0.381 e. The van der Waals surface area contributed by atoms with E-state index in [2.05, 4.69) is 4.90 Å². The zero-order valence-corrected chi connectivity index (χ0v) is 7.96. The minimum atomic E-state index is 0.567. The predicted octanol–water partition coefficient (Wildman–Crippen LogP) is 1.65. The molecule has 0 bridgehead atoms. The highest BCUT2D eigenvalue weighted by Crippen LogP contribution is 2.29. The lowest BCUT2D eigenvalue weighted by Crippen LogP contribution is -2.49. The maximum absolute atomic E-state index is 5.28. The molecular weight excluding hydrogens is 150 g/mol. The van der Waals surface area contributed by atoms with Gasteiger partial charge in [-0.25, -0.2) is 0 Å². The van der Waals surface area contributed by atoms with Gasteiger partial charge in [-0.2, -0.15) is 0 Å². The fraction of sp³-hybridized carbons (Fsp3) is 1.00. The van der Waals surface area contributed by atoms with Crippen molar-refractivity contribution in [3.8, 4) is 0 Å². The Kier molecular flexibility index (Phi) is 2.66. The first-order valence-electron chi connectivity index (χ1n) is 5.17. The van der Waals surface area contributed by atoms with Crippen molar-refractivity contribution < 1.29 is 4.74 Å². The molecule has 1 saturated heterocycles. The van der Waals surface area contributed by atoms with Gasteiger partial charge < -0.3 is 9.64 Å². The van der Waals surface area contributed by atoms with E-state index in [1.54, 1.807) is 0 Å². The summed E-state index contributed by atoms with van der Waals surface area (Å²) >= 11 is 0. The standard InChI is InChI=1S/C10H19NO/c1-12-10-7-9(8-10)11-5-3-2-4-6-11/h9-10H,2-8H2,1H3/t9-,10+. The van der Waals surface area contributed by atoms with Gasteiger partial charge in [0.25, 0.3) is 0 Å². The maximum Gasteiger partial charge on any atom is 0.0601 e. The van der Waals surface area contributed by atoms with E-state index in [-0.39, 0.29) is 0 Å². The van der Waals surface area contributed by atoms with Crippen LogP contribution in [-0.2, 0) is 4.74 Å². The lowest BCUT2D eigenvalue weighted by atomic mass is 9.87. The molecule has 1 aliphatic heterocycles. The van der Waals surface area contributed by atoms with Gasteiger partial charge in [-0.05, 0) is 38.8 Å². The molecule has 0 amide bonds. The quantitative estimate of drug-likeness (QED) is 0.623. The van der Waals surface area contributed by atoms with Crippen LogP contribution >= 0.6 is 0 Å². The van der Waals surface area contributed by atoms with Gasteiger partial charge in [0, 0.05) is 13.2 Å². The molecule has 2 rings (SSSR count). The van der Waals surface area contributed by atoms with E-state index < -0.39 is 0 Å². The molecule has 0 radical (unpaired) electrons. The molecular formula is C10H19NO. The van der Waals surface area contributed by atoms with Gasteiger partial charge in [0.1, 0.15) is 0 Å². The summed E-state index contributed by atoms with van der Waals surface area (Å²) in [5.41, 5.74) is 0. The fourth-order valence-electron chi connectivity index (χ4n) is 2.31. The Labute approximate surface area is 74.9 Å². The first-order valence-corrected chi connectivity index (χ1v) is 5.17. The van der Waals surface area contributed by atoms with Gasteiger partial charge in [-0.1, -0.05) is 6.42 Å². The normalized spacial score (nSPS) is 37.8. The third kappa shape index (κ3) is 1.64. The van der Waals surface area contributed by atoms with E-state index >= 15 is 0 Å². The van der Waals surface area contributed by atoms with Crippen molar-refractivity contribution in [3.63, 3.8) is 0 Å². The minimum absolute atomic E-state index is 0.567. The van der Waals surface area contributed by atoms with Crippen LogP contribution in [0.2, 0.25) is 0 Å². The van der Waals surface area contributed by atoms with E-state index in [0.29, 0.717) is 6.10 Å². The highest BCUT2D eigenvalue weighted by Gasteiger charge is 2.33. The molecule has 1 heterocycles. The number of hydrogen-bond acceptors (Lipinski definition) is 2. The number of rotatable bonds is 2. The SMILES string of the molecule is CO[C@H]1C[C@@H](N2CCCCC2)C1. The van der Waals surface area contributed by atoms with Crippen molar-refractivity contribution in [2.24, 2.45) is 0 Å². The summed E-state index contributed by atoms with van der Waals surface area (Å²) in [6.45, 7) is 2.67. The molecule has 1 saturated carbocycles. The molecule has 2 aliphatic rings. The number of ether oxygens (including phenoxy) is 1. The Hall–Kier alpha value is -0.0800. The Balaban J connectivity index is 1.72. The average Bonchev–Trinajstić information content (AvgIpc) is 2.04. The van der Waals surface area contributed by atoms with Crippen LogP contribution in [0.25, 0.3) is 0 Å². The van der Waals surface area contributed by atoms with Crippen molar-refractivity contribution in [1.82, 2.24) is 4.90 Å². The number of nitrogens with zero attached hydrogens (tertiary/aromatic N) is 1. The lowest BCUT2D eigenvalue weighted by molar-refractivity contribution is -0.0321. The van der Waals surface area contributed by atoms with Crippen LogP contribution in [0.1, 0.15) is 32.1 Å². The lowest BCUT2D eigenvalue weighted by Gasteiger charge is -2.43. The zero-order valence-electron chi connectivity index (χ0n) is 7.96. The first-order chi connectivity index (χ1) is 5.90. The summed E-state index contributed by atoms with van der Waals surface area (Å²) in [5, 5.41) is 0. The second-order valence-electron chi connectivity index (χ2n) is 4.08. The molecule has 2 nitrogen and oxygen atoms in total. The van der Waals surface area contributed by atoms with Crippen LogP contribution in [0.3, 0.4) is 0 Å². The van der Waals surface area contributed by atoms with Gasteiger partial charge >= 0.3 is 0 Å². The molecule has 0 aromatic heterocycles. The van der Waals surface area contributed by atoms with E-state index in [1.807, 2.05) is 7.11 Å². The second kappa shape index (κ2) is 3.75. The van der Waals surface area contributed by atoms with E-state index in [9.17, 15) is 0 Å². The molecule has 0 aromatic rings. The van der Waals surface area contributed by atoms with Gasteiger partial charge in [0.2, 0.25) is 0 Å². The van der Waals surface area contributed by atoms with Gasteiger partial charge in [0.05, 0.1) is 6.10 Å².